The van der Waals surface area contributed by atoms with Gasteiger partial charge in [-0.05, 0) is 6.42 Å². The van der Waals surface area contributed by atoms with E-state index in [2.05, 4.69) is 27.6 Å². The molecule has 72 valence electrons. The van der Waals surface area contributed by atoms with Gasteiger partial charge in [0.15, 0.2) is 0 Å². The van der Waals surface area contributed by atoms with E-state index >= 15 is 0 Å². The van der Waals surface area contributed by atoms with Crippen LogP contribution in [-0.4, -0.2) is 22.7 Å². The van der Waals surface area contributed by atoms with Gasteiger partial charge in [-0.25, -0.2) is 0 Å². The number of hydrogen-bond acceptors (Lipinski definition) is 3. The van der Waals surface area contributed by atoms with Gasteiger partial charge in [0, 0.05) is 6.42 Å². The van der Waals surface area contributed by atoms with Crippen molar-refractivity contribution in [3.05, 3.63) is 0 Å². The van der Waals surface area contributed by atoms with E-state index in [1.54, 1.807) is 0 Å². The predicted octanol–water partition coefficient (Wildman–Crippen LogP) is 1.82. The van der Waals surface area contributed by atoms with Crippen LogP contribution in [0.3, 0.4) is 0 Å². The molecule has 1 N–H and O–H groups in total. The number of aliphatic hydroxyl groups excluding tert-OH is 1. The highest BCUT2D eigenvalue weighted by Gasteiger charge is 2.08. The zero-order valence-electron chi connectivity index (χ0n) is 7.25. The first-order chi connectivity index (χ1) is 5.70. The van der Waals surface area contributed by atoms with Crippen LogP contribution in [0.25, 0.3) is 0 Å². The molecular weight excluding hydrogens is 224 g/mol. The topological polar surface area (TPSA) is 46.5 Å². The molecule has 1 unspecified atom stereocenters. The summed E-state index contributed by atoms with van der Waals surface area (Å²) in [7, 11) is 0. The van der Waals surface area contributed by atoms with Gasteiger partial charge in [0.25, 0.3) is 0 Å². The Hall–Kier alpha value is -0.0900. The maximum Gasteiger partial charge on any atom is 0.318 e. The fourth-order valence-corrected chi connectivity index (χ4v) is 0.943. The lowest BCUT2D eigenvalue weighted by Crippen LogP contribution is -2.18. The first-order valence-corrected chi connectivity index (χ1v) is 5.26. The minimum Gasteiger partial charge on any atom is -0.435 e. The van der Waals surface area contributed by atoms with E-state index in [9.17, 15) is 4.79 Å². The second-order valence-electron chi connectivity index (χ2n) is 2.57. The van der Waals surface area contributed by atoms with Gasteiger partial charge in [-0.15, -0.1) is 0 Å². The zero-order valence-corrected chi connectivity index (χ0v) is 8.84. The van der Waals surface area contributed by atoms with Crippen LogP contribution in [0.4, 0.5) is 0 Å². The Morgan fingerprint density at radius 1 is 1.58 bits per heavy atom. The summed E-state index contributed by atoms with van der Waals surface area (Å²) in [6.07, 6.45) is 2.66. The number of carbonyl (C=O) groups is 1. The molecule has 0 saturated carbocycles. The number of rotatable bonds is 6. The number of carbonyl (C=O) groups excluding carboxylic acids is 1. The highest BCUT2D eigenvalue weighted by molar-refractivity contribution is 9.09. The molecule has 12 heavy (non-hydrogen) atoms. The van der Waals surface area contributed by atoms with Crippen molar-refractivity contribution in [2.75, 3.05) is 5.33 Å². The van der Waals surface area contributed by atoms with Crippen molar-refractivity contribution in [2.24, 2.45) is 0 Å². The van der Waals surface area contributed by atoms with Gasteiger partial charge >= 0.3 is 5.97 Å². The van der Waals surface area contributed by atoms with Gasteiger partial charge in [0.05, 0.1) is 0 Å². The quantitative estimate of drug-likeness (QED) is 0.333. The van der Waals surface area contributed by atoms with Crippen molar-refractivity contribution in [1.29, 1.82) is 0 Å². The van der Waals surface area contributed by atoms with Gasteiger partial charge in [0.2, 0.25) is 6.29 Å². The third-order valence-corrected chi connectivity index (χ3v) is 1.89. The summed E-state index contributed by atoms with van der Waals surface area (Å²) in [5.41, 5.74) is 0. The third kappa shape index (κ3) is 6.61. The molecule has 0 aromatic heterocycles. The largest absolute Gasteiger partial charge is 0.435 e. The maximum absolute atomic E-state index is 10.6. The second-order valence-corrected chi connectivity index (χ2v) is 3.13. The molecule has 0 aliphatic heterocycles. The lowest BCUT2D eigenvalue weighted by molar-refractivity contribution is -0.165. The number of alkyl halides is 1. The van der Waals surface area contributed by atoms with Crippen LogP contribution < -0.4 is 0 Å². The Balaban J connectivity index is 3.32. The molecular formula is C8H15BrO3. The van der Waals surface area contributed by atoms with Crippen molar-refractivity contribution in [2.45, 2.75) is 38.9 Å². The summed E-state index contributed by atoms with van der Waals surface area (Å²) in [4.78, 5) is 10.6. The van der Waals surface area contributed by atoms with Crippen LogP contribution in [0, 0.1) is 0 Å². The normalized spacial score (nSPS) is 12.6. The Labute approximate surface area is 81.2 Å². The lowest BCUT2D eigenvalue weighted by atomic mass is 10.2. The highest BCUT2D eigenvalue weighted by Crippen LogP contribution is 2.04. The molecule has 0 rings (SSSR count). The molecule has 0 aliphatic rings. The average Bonchev–Trinajstić information content (AvgIpc) is 2.05. The van der Waals surface area contributed by atoms with Crippen LogP contribution in [0.1, 0.15) is 32.6 Å². The van der Waals surface area contributed by atoms with Gasteiger partial charge < -0.3 is 9.84 Å². The van der Waals surface area contributed by atoms with Crippen molar-refractivity contribution in [3.8, 4) is 0 Å². The van der Waals surface area contributed by atoms with Gasteiger partial charge in [0.1, 0.15) is 5.33 Å². The fourth-order valence-electron chi connectivity index (χ4n) is 0.811. The maximum atomic E-state index is 10.6. The first kappa shape index (κ1) is 11.9. The summed E-state index contributed by atoms with van der Waals surface area (Å²) < 4.78 is 4.62. The van der Waals surface area contributed by atoms with E-state index in [0.29, 0.717) is 6.42 Å². The van der Waals surface area contributed by atoms with Crippen LogP contribution in [0.15, 0.2) is 0 Å². The molecule has 3 nitrogen and oxygen atoms in total. The summed E-state index contributed by atoms with van der Waals surface area (Å²) in [6, 6.07) is 0. The molecule has 1 atom stereocenters. The smallest absolute Gasteiger partial charge is 0.318 e. The minimum absolute atomic E-state index is 0.137. The molecule has 4 heteroatoms. The van der Waals surface area contributed by atoms with E-state index < -0.39 is 12.3 Å². The molecule has 0 aromatic rings. The van der Waals surface area contributed by atoms with E-state index in [1.807, 2.05) is 0 Å². The number of halogens is 1. The minimum atomic E-state index is -0.929. The Morgan fingerprint density at radius 2 is 2.25 bits per heavy atom. The predicted molar refractivity (Wildman–Crippen MR) is 50.0 cm³/mol. The van der Waals surface area contributed by atoms with E-state index in [-0.39, 0.29) is 5.33 Å². The van der Waals surface area contributed by atoms with Crippen molar-refractivity contribution in [3.63, 3.8) is 0 Å². The Bertz CT molecular complexity index is 127. The Morgan fingerprint density at radius 3 is 2.75 bits per heavy atom. The van der Waals surface area contributed by atoms with Crippen LogP contribution in [0.2, 0.25) is 0 Å². The van der Waals surface area contributed by atoms with E-state index in [1.165, 1.54) is 0 Å². The Kier molecular flexibility index (Phi) is 7.50. The van der Waals surface area contributed by atoms with Crippen molar-refractivity contribution in [1.82, 2.24) is 0 Å². The molecule has 0 spiro atoms. The van der Waals surface area contributed by atoms with Crippen molar-refractivity contribution >= 4 is 21.9 Å². The van der Waals surface area contributed by atoms with Crippen LogP contribution >= 0.6 is 15.9 Å². The number of esters is 1. The molecule has 0 saturated heterocycles. The second kappa shape index (κ2) is 7.55. The van der Waals surface area contributed by atoms with E-state index in [0.717, 1.165) is 19.3 Å². The number of aliphatic hydroxyl groups is 1. The molecule has 0 fully saturated rings. The first-order valence-electron chi connectivity index (χ1n) is 4.14. The van der Waals surface area contributed by atoms with Gasteiger partial charge in [-0.1, -0.05) is 35.7 Å². The zero-order chi connectivity index (χ0) is 9.40. The van der Waals surface area contributed by atoms with Crippen LogP contribution in [0.5, 0.6) is 0 Å². The number of hydrogen-bond donors (Lipinski definition) is 1. The fraction of sp³-hybridized carbons (Fsp3) is 0.875. The summed E-state index contributed by atoms with van der Waals surface area (Å²) in [5, 5.41) is 9.25. The van der Waals surface area contributed by atoms with E-state index in [4.69, 9.17) is 5.11 Å². The molecule has 0 aliphatic carbocycles. The molecule has 0 radical (unpaired) electrons. The molecule has 0 bridgehead atoms. The molecule has 0 aromatic carbocycles. The van der Waals surface area contributed by atoms with Crippen molar-refractivity contribution < 1.29 is 14.6 Å². The number of ether oxygens (including phenoxy) is 1. The summed E-state index contributed by atoms with van der Waals surface area (Å²) in [5.74, 6) is -0.418. The SMILES string of the molecule is CCCCCC(O)OC(=O)CBr. The monoisotopic (exact) mass is 238 g/mol. The highest BCUT2D eigenvalue weighted by atomic mass is 79.9. The standard InChI is InChI=1S/C8H15BrO3/c1-2-3-4-5-7(10)12-8(11)6-9/h7,10H,2-6H2,1H3. The third-order valence-electron chi connectivity index (χ3n) is 1.43. The summed E-state index contributed by atoms with van der Waals surface area (Å²) in [6.45, 7) is 2.08. The number of unbranched alkanes of at least 4 members (excludes halogenated alkanes) is 2. The lowest BCUT2D eigenvalue weighted by Gasteiger charge is -2.09. The van der Waals surface area contributed by atoms with Crippen LogP contribution in [-0.2, 0) is 9.53 Å². The summed E-state index contributed by atoms with van der Waals surface area (Å²) >= 11 is 2.94. The van der Waals surface area contributed by atoms with Gasteiger partial charge in [-0.3, -0.25) is 4.79 Å². The molecule has 0 amide bonds. The average molecular weight is 239 g/mol. The molecule has 0 heterocycles. The van der Waals surface area contributed by atoms with Gasteiger partial charge in [-0.2, -0.15) is 0 Å².